The lowest BCUT2D eigenvalue weighted by Gasteiger charge is -2.32. The summed E-state index contributed by atoms with van der Waals surface area (Å²) in [6.07, 6.45) is 3.38. The quantitative estimate of drug-likeness (QED) is 0.684. The number of methoxy groups -OCH3 is 1. The fourth-order valence-corrected chi connectivity index (χ4v) is 2.04. The maximum absolute atomic E-state index is 11.1. The second kappa shape index (κ2) is 5.32. The maximum Gasteiger partial charge on any atom is 0.222 e. The molecule has 0 aromatic rings. The number of hydrogen-bond donors (Lipinski definition) is 2. The second-order valence-electron chi connectivity index (χ2n) is 3.95. The van der Waals surface area contributed by atoms with Crippen LogP contribution in [0, 0.1) is 5.92 Å². The predicted octanol–water partition coefficient (Wildman–Crippen LogP) is 0.265. The number of piperidine rings is 1. The molecular formula is C10H20N2O2. The third kappa shape index (κ3) is 2.69. The Labute approximate surface area is 85.2 Å². The van der Waals surface area contributed by atoms with Gasteiger partial charge in [0, 0.05) is 13.2 Å². The van der Waals surface area contributed by atoms with Crippen molar-refractivity contribution in [3.05, 3.63) is 0 Å². The first kappa shape index (κ1) is 11.5. The van der Waals surface area contributed by atoms with Crippen molar-refractivity contribution in [2.75, 3.05) is 13.7 Å². The van der Waals surface area contributed by atoms with E-state index >= 15 is 0 Å². The number of primary amides is 1. The van der Waals surface area contributed by atoms with Gasteiger partial charge in [0.1, 0.15) is 0 Å². The summed E-state index contributed by atoms with van der Waals surface area (Å²) in [6.45, 7) is 2.84. The Morgan fingerprint density at radius 3 is 2.71 bits per heavy atom. The lowest BCUT2D eigenvalue weighted by atomic mass is 9.91. The van der Waals surface area contributed by atoms with Gasteiger partial charge in [0.15, 0.2) is 0 Å². The molecule has 1 aliphatic rings. The fourth-order valence-electron chi connectivity index (χ4n) is 2.04. The van der Waals surface area contributed by atoms with Crippen LogP contribution in [0.4, 0.5) is 0 Å². The average molecular weight is 200 g/mol. The minimum atomic E-state index is -0.288. The van der Waals surface area contributed by atoms with Gasteiger partial charge in [0.05, 0.1) is 12.0 Å². The Morgan fingerprint density at radius 1 is 1.57 bits per heavy atom. The summed E-state index contributed by atoms with van der Waals surface area (Å²) >= 11 is 0. The molecule has 0 saturated carbocycles. The van der Waals surface area contributed by atoms with Crippen LogP contribution in [0.2, 0.25) is 0 Å². The molecule has 0 aliphatic carbocycles. The zero-order chi connectivity index (χ0) is 10.6. The molecule has 0 spiro atoms. The molecule has 1 heterocycles. The van der Waals surface area contributed by atoms with E-state index in [0.29, 0.717) is 0 Å². The van der Waals surface area contributed by atoms with Crippen LogP contribution >= 0.6 is 0 Å². The van der Waals surface area contributed by atoms with Crippen LogP contribution in [0.25, 0.3) is 0 Å². The molecule has 4 heteroatoms. The molecule has 1 fully saturated rings. The summed E-state index contributed by atoms with van der Waals surface area (Å²) < 4.78 is 5.35. The van der Waals surface area contributed by atoms with Gasteiger partial charge in [-0.1, -0.05) is 13.3 Å². The molecule has 0 aromatic heterocycles. The van der Waals surface area contributed by atoms with Crippen LogP contribution in [0.3, 0.4) is 0 Å². The molecule has 82 valence electrons. The highest BCUT2D eigenvalue weighted by Crippen LogP contribution is 2.18. The number of ether oxygens (including phenoxy) is 1. The molecule has 1 amide bonds. The monoisotopic (exact) mass is 200 g/mol. The number of rotatable bonds is 4. The summed E-state index contributed by atoms with van der Waals surface area (Å²) in [6, 6.07) is 0.274. The summed E-state index contributed by atoms with van der Waals surface area (Å²) in [5.41, 5.74) is 5.27. The molecule has 0 aromatic carbocycles. The summed E-state index contributed by atoms with van der Waals surface area (Å²) in [7, 11) is 1.64. The van der Waals surface area contributed by atoms with Crippen molar-refractivity contribution >= 4 is 5.91 Å². The van der Waals surface area contributed by atoms with Crippen molar-refractivity contribution in [2.45, 2.75) is 38.3 Å². The van der Waals surface area contributed by atoms with Crippen LogP contribution in [-0.2, 0) is 9.53 Å². The normalized spacial score (nSPS) is 26.9. The minimum Gasteiger partial charge on any atom is -0.379 e. The van der Waals surface area contributed by atoms with Crippen LogP contribution in [0.5, 0.6) is 0 Å². The standard InChI is InChI=1S/C10H20N2O2/c1-7(10(11)13)9(14-2)8-5-3-4-6-12-8/h7-9,12H,3-6H2,1-2H3,(H2,11,13)/t7-,8+,9-/m1/s1. The number of carbonyl (C=O) groups excluding carboxylic acids is 1. The molecular weight excluding hydrogens is 180 g/mol. The van der Waals surface area contributed by atoms with Crippen LogP contribution in [-0.4, -0.2) is 31.7 Å². The number of nitrogens with one attached hydrogen (secondary N) is 1. The van der Waals surface area contributed by atoms with Crippen molar-refractivity contribution < 1.29 is 9.53 Å². The third-order valence-corrected chi connectivity index (χ3v) is 2.96. The molecule has 0 radical (unpaired) electrons. The van der Waals surface area contributed by atoms with Gasteiger partial charge in [-0.2, -0.15) is 0 Å². The highest BCUT2D eigenvalue weighted by molar-refractivity contribution is 5.76. The molecule has 0 bridgehead atoms. The van der Waals surface area contributed by atoms with Gasteiger partial charge >= 0.3 is 0 Å². The minimum absolute atomic E-state index is 0.0900. The summed E-state index contributed by atoms with van der Waals surface area (Å²) in [5.74, 6) is -0.514. The van der Waals surface area contributed by atoms with E-state index in [-0.39, 0.29) is 24.0 Å². The maximum atomic E-state index is 11.1. The van der Waals surface area contributed by atoms with Gasteiger partial charge in [-0.25, -0.2) is 0 Å². The Balaban J connectivity index is 2.55. The number of hydrogen-bond acceptors (Lipinski definition) is 3. The van der Waals surface area contributed by atoms with Crippen LogP contribution in [0.1, 0.15) is 26.2 Å². The van der Waals surface area contributed by atoms with Gasteiger partial charge in [0.25, 0.3) is 0 Å². The summed E-state index contributed by atoms with van der Waals surface area (Å²) in [4.78, 5) is 11.1. The van der Waals surface area contributed by atoms with E-state index in [4.69, 9.17) is 10.5 Å². The van der Waals surface area contributed by atoms with E-state index < -0.39 is 0 Å². The first-order chi connectivity index (χ1) is 6.66. The lowest BCUT2D eigenvalue weighted by molar-refractivity contribution is -0.126. The van der Waals surface area contributed by atoms with Gasteiger partial charge in [-0.3, -0.25) is 4.79 Å². The highest BCUT2D eigenvalue weighted by atomic mass is 16.5. The molecule has 3 N–H and O–H groups in total. The van der Waals surface area contributed by atoms with Gasteiger partial charge in [0.2, 0.25) is 5.91 Å². The van der Waals surface area contributed by atoms with E-state index in [0.717, 1.165) is 13.0 Å². The highest BCUT2D eigenvalue weighted by Gasteiger charge is 2.30. The van der Waals surface area contributed by atoms with E-state index in [1.807, 2.05) is 6.92 Å². The zero-order valence-corrected chi connectivity index (χ0v) is 8.95. The van der Waals surface area contributed by atoms with Crippen molar-refractivity contribution in [3.63, 3.8) is 0 Å². The smallest absolute Gasteiger partial charge is 0.222 e. The molecule has 1 rings (SSSR count). The zero-order valence-electron chi connectivity index (χ0n) is 8.95. The van der Waals surface area contributed by atoms with Crippen LogP contribution in [0.15, 0.2) is 0 Å². The predicted molar refractivity (Wildman–Crippen MR) is 54.8 cm³/mol. The Hall–Kier alpha value is -0.610. The topological polar surface area (TPSA) is 64.3 Å². The second-order valence-corrected chi connectivity index (χ2v) is 3.95. The Kier molecular flexibility index (Phi) is 4.35. The average Bonchev–Trinajstić information content (AvgIpc) is 2.20. The molecule has 0 unspecified atom stereocenters. The van der Waals surface area contributed by atoms with Crippen LogP contribution < -0.4 is 11.1 Å². The fraction of sp³-hybridized carbons (Fsp3) is 0.900. The largest absolute Gasteiger partial charge is 0.379 e. The number of nitrogens with two attached hydrogens (primary N) is 1. The molecule has 4 nitrogen and oxygen atoms in total. The summed E-state index contributed by atoms with van der Waals surface area (Å²) in [5, 5.41) is 3.37. The molecule has 1 saturated heterocycles. The Morgan fingerprint density at radius 2 is 2.29 bits per heavy atom. The van der Waals surface area contributed by atoms with Gasteiger partial charge in [-0.05, 0) is 19.4 Å². The van der Waals surface area contributed by atoms with Gasteiger partial charge in [-0.15, -0.1) is 0 Å². The molecule has 3 atom stereocenters. The first-order valence-corrected chi connectivity index (χ1v) is 5.22. The van der Waals surface area contributed by atoms with Gasteiger partial charge < -0.3 is 15.8 Å². The number of carbonyl (C=O) groups is 1. The number of amides is 1. The van der Waals surface area contributed by atoms with E-state index in [2.05, 4.69) is 5.32 Å². The van der Waals surface area contributed by atoms with Crippen molar-refractivity contribution in [3.8, 4) is 0 Å². The Bertz CT molecular complexity index is 191. The SMILES string of the molecule is CO[C@@H]([C@@H]1CCCCN1)[C@@H](C)C(N)=O. The van der Waals surface area contributed by atoms with E-state index in [1.165, 1.54) is 12.8 Å². The first-order valence-electron chi connectivity index (χ1n) is 5.22. The third-order valence-electron chi connectivity index (χ3n) is 2.96. The van der Waals surface area contributed by atoms with Crippen molar-refractivity contribution in [1.82, 2.24) is 5.32 Å². The molecule has 1 aliphatic heterocycles. The van der Waals surface area contributed by atoms with Crippen molar-refractivity contribution in [1.29, 1.82) is 0 Å². The van der Waals surface area contributed by atoms with E-state index in [9.17, 15) is 4.79 Å². The lowest BCUT2D eigenvalue weighted by Crippen LogP contribution is -2.49. The van der Waals surface area contributed by atoms with Crippen molar-refractivity contribution in [2.24, 2.45) is 11.7 Å². The van der Waals surface area contributed by atoms with E-state index in [1.54, 1.807) is 7.11 Å². The molecule has 14 heavy (non-hydrogen) atoms.